The van der Waals surface area contributed by atoms with Gasteiger partial charge in [-0.15, -0.1) is 0 Å². The van der Waals surface area contributed by atoms with E-state index in [-0.39, 0.29) is 10.8 Å². The summed E-state index contributed by atoms with van der Waals surface area (Å²) >= 11 is 1.31. The quantitative estimate of drug-likeness (QED) is 0.458. The number of sulfonamides is 1. The Labute approximate surface area is 198 Å². The van der Waals surface area contributed by atoms with Crippen LogP contribution >= 0.6 is 11.8 Å². The van der Waals surface area contributed by atoms with Crippen LogP contribution in [0.15, 0.2) is 52.5 Å². The minimum Gasteiger partial charge on any atom is -0.325 e. The number of benzene rings is 2. The fraction of sp³-hybridized carbons (Fsp3) is 0.348. The fourth-order valence-electron chi connectivity index (χ4n) is 3.44. The number of rotatable bonds is 9. The molecule has 3 aromatic rings. The normalized spacial score (nSPS) is 12.6. The summed E-state index contributed by atoms with van der Waals surface area (Å²) in [4.78, 5) is 17.6. The SMILES string of the molecule is CCN(CC)S(=O)(=O)c1ccc2c(c1)nc(SC(C)C(=O)Nc1ccc(C#N)cc1)n2CC. The number of aryl methyl sites for hydroxylation is 1. The molecule has 0 saturated heterocycles. The Kier molecular flexibility index (Phi) is 7.79. The molecule has 1 heterocycles. The van der Waals surface area contributed by atoms with Crippen molar-refractivity contribution >= 4 is 44.4 Å². The van der Waals surface area contributed by atoms with Gasteiger partial charge in [0.05, 0.1) is 32.8 Å². The second-order valence-electron chi connectivity index (χ2n) is 7.32. The second-order valence-corrected chi connectivity index (χ2v) is 10.6. The van der Waals surface area contributed by atoms with E-state index in [1.807, 2.05) is 31.4 Å². The van der Waals surface area contributed by atoms with E-state index in [1.54, 1.807) is 49.4 Å². The zero-order valence-corrected chi connectivity index (χ0v) is 20.7. The van der Waals surface area contributed by atoms with Gasteiger partial charge >= 0.3 is 0 Å². The van der Waals surface area contributed by atoms with Crippen molar-refractivity contribution in [3.8, 4) is 6.07 Å². The number of nitrogens with zero attached hydrogens (tertiary/aromatic N) is 4. The van der Waals surface area contributed by atoms with E-state index >= 15 is 0 Å². The van der Waals surface area contributed by atoms with Crippen molar-refractivity contribution in [2.24, 2.45) is 0 Å². The van der Waals surface area contributed by atoms with Gasteiger partial charge in [-0.3, -0.25) is 4.79 Å². The van der Waals surface area contributed by atoms with Gasteiger partial charge in [0.15, 0.2) is 5.16 Å². The van der Waals surface area contributed by atoms with Gasteiger partial charge in [0.1, 0.15) is 0 Å². The standard InChI is InChI=1S/C23H27N5O3S2/c1-5-27(6-2)33(30,31)19-12-13-21-20(14-19)26-23(28(21)7-3)32-16(4)22(29)25-18-10-8-17(15-24)9-11-18/h8-14,16H,5-7H2,1-4H3,(H,25,29). The Morgan fingerprint density at radius 1 is 1.18 bits per heavy atom. The predicted octanol–water partition coefficient (Wildman–Crippen LogP) is 4.08. The highest BCUT2D eigenvalue weighted by Gasteiger charge is 2.24. The van der Waals surface area contributed by atoms with Gasteiger partial charge in [-0.1, -0.05) is 25.6 Å². The number of fused-ring (bicyclic) bond motifs is 1. The molecule has 3 rings (SSSR count). The van der Waals surface area contributed by atoms with Gasteiger partial charge in [-0.2, -0.15) is 9.57 Å². The first-order chi connectivity index (χ1) is 15.7. The van der Waals surface area contributed by atoms with E-state index in [9.17, 15) is 13.2 Å². The molecule has 10 heteroatoms. The molecule has 0 bridgehead atoms. The van der Waals surface area contributed by atoms with Gasteiger partial charge in [-0.25, -0.2) is 13.4 Å². The molecule has 0 saturated carbocycles. The number of thioether (sulfide) groups is 1. The third kappa shape index (κ3) is 5.21. The van der Waals surface area contributed by atoms with Crippen molar-refractivity contribution in [3.63, 3.8) is 0 Å². The molecule has 0 spiro atoms. The molecule has 1 amide bonds. The zero-order valence-electron chi connectivity index (χ0n) is 19.1. The molecular formula is C23H27N5O3S2. The van der Waals surface area contributed by atoms with E-state index in [2.05, 4.69) is 10.3 Å². The monoisotopic (exact) mass is 485 g/mol. The highest BCUT2D eigenvalue weighted by atomic mass is 32.2. The summed E-state index contributed by atoms with van der Waals surface area (Å²) in [6, 6.07) is 13.7. The van der Waals surface area contributed by atoms with E-state index < -0.39 is 15.3 Å². The molecule has 0 fully saturated rings. The Morgan fingerprint density at radius 3 is 2.42 bits per heavy atom. The first kappa shape index (κ1) is 24.8. The Hall–Kier alpha value is -2.87. The Bertz CT molecular complexity index is 1290. The van der Waals surface area contributed by atoms with Crippen LogP contribution in [0, 0.1) is 11.3 Å². The van der Waals surface area contributed by atoms with Crippen LogP contribution in [0.1, 0.15) is 33.3 Å². The van der Waals surface area contributed by atoms with Crippen molar-refractivity contribution < 1.29 is 13.2 Å². The van der Waals surface area contributed by atoms with E-state index in [0.717, 1.165) is 5.52 Å². The third-order valence-electron chi connectivity index (χ3n) is 5.28. The van der Waals surface area contributed by atoms with Crippen molar-refractivity contribution in [1.82, 2.24) is 13.9 Å². The first-order valence-corrected chi connectivity index (χ1v) is 13.0. The molecule has 0 aliphatic heterocycles. The largest absolute Gasteiger partial charge is 0.325 e. The summed E-state index contributed by atoms with van der Waals surface area (Å²) in [5.74, 6) is -0.191. The van der Waals surface area contributed by atoms with Crippen LogP contribution in [0.5, 0.6) is 0 Å². The molecule has 0 aliphatic rings. The van der Waals surface area contributed by atoms with Crippen molar-refractivity contribution in [3.05, 3.63) is 48.0 Å². The maximum atomic E-state index is 12.9. The zero-order chi connectivity index (χ0) is 24.2. The first-order valence-electron chi connectivity index (χ1n) is 10.7. The average molecular weight is 486 g/mol. The second kappa shape index (κ2) is 10.4. The lowest BCUT2D eigenvalue weighted by Crippen LogP contribution is -2.30. The maximum absolute atomic E-state index is 12.9. The number of amides is 1. The van der Waals surface area contributed by atoms with Crippen LogP contribution in [0.4, 0.5) is 5.69 Å². The molecule has 1 N–H and O–H groups in total. The van der Waals surface area contributed by atoms with Crippen LogP contribution < -0.4 is 5.32 Å². The molecule has 1 unspecified atom stereocenters. The molecular weight excluding hydrogens is 458 g/mol. The third-order valence-corrected chi connectivity index (χ3v) is 8.41. The minimum absolute atomic E-state index is 0.191. The summed E-state index contributed by atoms with van der Waals surface area (Å²) < 4.78 is 29.2. The van der Waals surface area contributed by atoms with Crippen LogP contribution in [-0.4, -0.2) is 46.5 Å². The molecule has 1 atom stereocenters. The number of carbonyl (C=O) groups excluding carboxylic acids is 1. The van der Waals surface area contributed by atoms with E-state index in [4.69, 9.17) is 5.26 Å². The van der Waals surface area contributed by atoms with E-state index in [1.165, 1.54) is 16.1 Å². The van der Waals surface area contributed by atoms with Crippen LogP contribution in [-0.2, 0) is 21.4 Å². The van der Waals surface area contributed by atoms with E-state index in [0.29, 0.717) is 41.6 Å². The van der Waals surface area contributed by atoms with Crippen LogP contribution in [0.3, 0.4) is 0 Å². The maximum Gasteiger partial charge on any atom is 0.243 e. The predicted molar refractivity (Wildman–Crippen MR) is 131 cm³/mol. The lowest BCUT2D eigenvalue weighted by molar-refractivity contribution is -0.115. The number of nitrogens with one attached hydrogen (secondary N) is 1. The number of hydrogen-bond acceptors (Lipinski definition) is 6. The summed E-state index contributed by atoms with van der Waals surface area (Å²) in [6.07, 6.45) is 0. The van der Waals surface area contributed by atoms with Crippen LogP contribution in [0.25, 0.3) is 11.0 Å². The van der Waals surface area contributed by atoms with Crippen LogP contribution in [0.2, 0.25) is 0 Å². The number of nitriles is 1. The Balaban J connectivity index is 1.85. The average Bonchev–Trinajstić information content (AvgIpc) is 3.16. The molecule has 8 nitrogen and oxygen atoms in total. The van der Waals surface area contributed by atoms with Gasteiger partial charge in [-0.05, 0) is 56.3 Å². The number of anilines is 1. The summed E-state index contributed by atoms with van der Waals surface area (Å²) in [6.45, 7) is 8.81. The van der Waals surface area contributed by atoms with Crippen molar-refractivity contribution in [2.45, 2.75) is 49.5 Å². The summed E-state index contributed by atoms with van der Waals surface area (Å²) in [7, 11) is -3.59. The number of aromatic nitrogens is 2. The van der Waals surface area contributed by atoms with Gasteiger partial charge in [0, 0.05) is 25.3 Å². The topological polar surface area (TPSA) is 108 Å². The van der Waals surface area contributed by atoms with Crippen molar-refractivity contribution in [2.75, 3.05) is 18.4 Å². The van der Waals surface area contributed by atoms with Crippen molar-refractivity contribution in [1.29, 1.82) is 5.26 Å². The van der Waals surface area contributed by atoms with Gasteiger partial charge in [0.25, 0.3) is 0 Å². The highest BCUT2D eigenvalue weighted by Crippen LogP contribution is 2.30. The number of imidazole rings is 1. The lowest BCUT2D eigenvalue weighted by Gasteiger charge is -2.18. The van der Waals surface area contributed by atoms with Gasteiger partial charge in [0.2, 0.25) is 15.9 Å². The molecule has 1 aromatic heterocycles. The number of hydrogen-bond donors (Lipinski definition) is 1. The summed E-state index contributed by atoms with van der Waals surface area (Å²) in [5.41, 5.74) is 2.53. The lowest BCUT2D eigenvalue weighted by atomic mass is 10.2. The van der Waals surface area contributed by atoms with Gasteiger partial charge < -0.3 is 9.88 Å². The smallest absolute Gasteiger partial charge is 0.243 e. The highest BCUT2D eigenvalue weighted by molar-refractivity contribution is 8.00. The summed E-state index contributed by atoms with van der Waals surface area (Å²) in [5, 5.41) is 12.0. The molecule has 33 heavy (non-hydrogen) atoms. The Morgan fingerprint density at radius 2 is 1.85 bits per heavy atom. The fourth-order valence-corrected chi connectivity index (χ4v) is 5.91. The number of carbonyl (C=O) groups is 1. The molecule has 2 aromatic carbocycles. The molecule has 174 valence electrons. The molecule has 0 radical (unpaired) electrons. The molecule has 0 aliphatic carbocycles. The minimum atomic E-state index is -3.59.